The number of benzene rings is 2. The predicted octanol–water partition coefficient (Wildman–Crippen LogP) is 3.69. The van der Waals surface area contributed by atoms with Gasteiger partial charge in [0.25, 0.3) is 0 Å². The van der Waals surface area contributed by atoms with Gasteiger partial charge in [0.05, 0.1) is 6.04 Å². The molecule has 20 heavy (non-hydrogen) atoms. The molecule has 1 atom stereocenters. The molecule has 0 fully saturated rings. The maximum Gasteiger partial charge on any atom is 0.413 e. The van der Waals surface area contributed by atoms with Crippen LogP contribution in [-0.4, -0.2) is 17.9 Å². The topological polar surface area (TPSA) is 41.5 Å². The zero-order valence-corrected chi connectivity index (χ0v) is 10.7. The SMILES string of the molecule is CC(NOCC(F)(F)F)c1ccc2ccccc2c1O. The summed E-state index contributed by atoms with van der Waals surface area (Å²) in [6, 6.07) is 10.1. The van der Waals surface area contributed by atoms with E-state index in [1.54, 1.807) is 31.2 Å². The van der Waals surface area contributed by atoms with Gasteiger partial charge in [-0.3, -0.25) is 4.84 Å². The standard InChI is InChI=1S/C14H14F3NO2/c1-9(18-20-8-14(15,16)17)11-7-6-10-4-2-3-5-12(10)13(11)19/h2-7,9,18-19H,8H2,1H3. The van der Waals surface area contributed by atoms with Crippen LogP contribution in [0, 0.1) is 0 Å². The van der Waals surface area contributed by atoms with E-state index in [1.807, 2.05) is 12.1 Å². The third-order valence-corrected chi connectivity index (χ3v) is 2.89. The van der Waals surface area contributed by atoms with Crippen LogP contribution in [0.15, 0.2) is 36.4 Å². The van der Waals surface area contributed by atoms with Gasteiger partial charge in [-0.15, -0.1) is 0 Å². The third kappa shape index (κ3) is 3.40. The second-order valence-corrected chi connectivity index (χ2v) is 4.47. The number of phenols is 1. The zero-order valence-electron chi connectivity index (χ0n) is 10.7. The van der Waals surface area contributed by atoms with Crippen molar-refractivity contribution in [3.63, 3.8) is 0 Å². The lowest BCUT2D eigenvalue weighted by molar-refractivity contribution is -0.192. The number of rotatable bonds is 4. The summed E-state index contributed by atoms with van der Waals surface area (Å²) in [5.74, 6) is 0.0405. The fourth-order valence-electron chi connectivity index (χ4n) is 1.93. The second-order valence-electron chi connectivity index (χ2n) is 4.47. The predicted molar refractivity (Wildman–Crippen MR) is 69.2 cm³/mol. The summed E-state index contributed by atoms with van der Waals surface area (Å²) in [6.07, 6.45) is -4.39. The normalized spacial score (nSPS) is 13.6. The molecule has 6 heteroatoms. The quantitative estimate of drug-likeness (QED) is 0.842. The molecule has 0 aliphatic rings. The van der Waals surface area contributed by atoms with Crippen LogP contribution in [0.1, 0.15) is 18.5 Å². The van der Waals surface area contributed by atoms with Crippen LogP contribution in [0.2, 0.25) is 0 Å². The van der Waals surface area contributed by atoms with E-state index < -0.39 is 18.8 Å². The molecule has 0 aliphatic heterocycles. The Morgan fingerprint density at radius 1 is 1.20 bits per heavy atom. The number of nitrogens with one attached hydrogen (secondary N) is 1. The molecule has 0 amide bonds. The number of fused-ring (bicyclic) bond motifs is 1. The average Bonchev–Trinajstić information content (AvgIpc) is 2.38. The molecule has 0 heterocycles. The molecule has 0 saturated heterocycles. The van der Waals surface area contributed by atoms with Crippen LogP contribution in [-0.2, 0) is 4.84 Å². The summed E-state index contributed by atoms with van der Waals surface area (Å²) in [6.45, 7) is 0.228. The van der Waals surface area contributed by atoms with Gasteiger partial charge in [0.1, 0.15) is 5.75 Å². The number of alkyl halides is 3. The second kappa shape index (κ2) is 5.68. The first-order valence-electron chi connectivity index (χ1n) is 6.03. The Morgan fingerprint density at radius 2 is 1.90 bits per heavy atom. The number of hydrogen-bond acceptors (Lipinski definition) is 3. The third-order valence-electron chi connectivity index (χ3n) is 2.89. The zero-order chi connectivity index (χ0) is 14.8. The summed E-state index contributed by atoms with van der Waals surface area (Å²) in [5.41, 5.74) is 2.76. The molecular weight excluding hydrogens is 271 g/mol. The van der Waals surface area contributed by atoms with Gasteiger partial charge in [-0.1, -0.05) is 36.4 Å². The van der Waals surface area contributed by atoms with E-state index in [0.717, 1.165) is 5.39 Å². The van der Waals surface area contributed by atoms with Crippen molar-refractivity contribution >= 4 is 10.8 Å². The van der Waals surface area contributed by atoms with Gasteiger partial charge >= 0.3 is 6.18 Å². The van der Waals surface area contributed by atoms with Crippen LogP contribution in [0.4, 0.5) is 13.2 Å². The first kappa shape index (κ1) is 14.6. The van der Waals surface area contributed by atoms with Crippen molar-refractivity contribution < 1.29 is 23.1 Å². The number of halogens is 3. The number of hydrogen-bond donors (Lipinski definition) is 2. The van der Waals surface area contributed by atoms with Crippen molar-refractivity contribution in [1.29, 1.82) is 0 Å². The van der Waals surface area contributed by atoms with Gasteiger partial charge in [0.2, 0.25) is 0 Å². The molecular formula is C14H14F3NO2. The fourth-order valence-corrected chi connectivity index (χ4v) is 1.93. The van der Waals surface area contributed by atoms with Gasteiger partial charge in [0, 0.05) is 10.9 Å². The van der Waals surface area contributed by atoms with Gasteiger partial charge in [-0.2, -0.15) is 18.7 Å². The van der Waals surface area contributed by atoms with Crippen molar-refractivity contribution in [1.82, 2.24) is 5.48 Å². The molecule has 0 aromatic heterocycles. The van der Waals surface area contributed by atoms with Crippen molar-refractivity contribution in [3.8, 4) is 5.75 Å². The van der Waals surface area contributed by atoms with Crippen molar-refractivity contribution in [2.75, 3.05) is 6.61 Å². The largest absolute Gasteiger partial charge is 0.507 e. The van der Waals surface area contributed by atoms with Crippen LogP contribution in [0.5, 0.6) is 5.75 Å². The minimum atomic E-state index is -4.39. The van der Waals surface area contributed by atoms with E-state index in [-0.39, 0.29) is 5.75 Å². The fraction of sp³-hybridized carbons (Fsp3) is 0.286. The molecule has 0 aliphatic carbocycles. The Balaban J connectivity index is 2.14. The van der Waals surface area contributed by atoms with Gasteiger partial charge in [0.15, 0.2) is 6.61 Å². The summed E-state index contributed by atoms with van der Waals surface area (Å²) in [7, 11) is 0. The minimum absolute atomic E-state index is 0.0405. The molecule has 0 radical (unpaired) electrons. The molecule has 1 unspecified atom stereocenters. The Kier molecular flexibility index (Phi) is 4.15. The average molecular weight is 285 g/mol. The smallest absolute Gasteiger partial charge is 0.413 e. The Bertz CT molecular complexity index is 598. The van der Waals surface area contributed by atoms with E-state index in [4.69, 9.17) is 0 Å². The summed E-state index contributed by atoms with van der Waals surface area (Å²) >= 11 is 0. The van der Waals surface area contributed by atoms with E-state index in [1.165, 1.54) is 0 Å². The summed E-state index contributed by atoms with van der Waals surface area (Å²) in [5, 5.41) is 11.7. The van der Waals surface area contributed by atoms with Crippen molar-refractivity contribution in [2.24, 2.45) is 0 Å². The van der Waals surface area contributed by atoms with E-state index in [0.29, 0.717) is 10.9 Å². The number of hydroxylamine groups is 1. The van der Waals surface area contributed by atoms with Gasteiger partial charge in [-0.25, -0.2) is 0 Å². The van der Waals surface area contributed by atoms with E-state index in [9.17, 15) is 18.3 Å². The molecule has 108 valence electrons. The lowest BCUT2D eigenvalue weighted by Crippen LogP contribution is -2.26. The van der Waals surface area contributed by atoms with Gasteiger partial charge < -0.3 is 5.11 Å². The molecule has 3 nitrogen and oxygen atoms in total. The van der Waals surface area contributed by atoms with Gasteiger partial charge in [-0.05, 0) is 12.3 Å². The van der Waals surface area contributed by atoms with Crippen LogP contribution in [0.25, 0.3) is 10.8 Å². The van der Waals surface area contributed by atoms with Crippen LogP contribution >= 0.6 is 0 Å². The molecule has 2 aromatic rings. The highest BCUT2D eigenvalue weighted by molar-refractivity contribution is 5.89. The Labute approximate surface area is 113 Å². The van der Waals surface area contributed by atoms with E-state index in [2.05, 4.69) is 10.3 Å². The maximum absolute atomic E-state index is 12.0. The maximum atomic E-state index is 12.0. The number of phenolic OH excluding ortho intramolecular Hbond substituents is 1. The Morgan fingerprint density at radius 3 is 2.60 bits per heavy atom. The molecule has 2 N–H and O–H groups in total. The molecule has 2 aromatic carbocycles. The lowest BCUT2D eigenvalue weighted by Gasteiger charge is -2.17. The summed E-state index contributed by atoms with van der Waals surface area (Å²) in [4.78, 5) is 4.40. The Hall–Kier alpha value is -1.79. The highest BCUT2D eigenvalue weighted by Gasteiger charge is 2.28. The molecule has 0 saturated carbocycles. The highest BCUT2D eigenvalue weighted by atomic mass is 19.4. The minimum Gasteiger partial charge on any atom is -0.507 e. The molecule has 2 rings (SSSR count). The van der Waals surface area contributed by atoms with Crippen molar-refractivity contribution in [3.05, 3.63) is 42.0 Å². The van der Waals surface area contributed by atoms with Crippen LogP contribution in [0.3, 0.4) is 0 Å². The highest BCUT2D eigenvalue weighted by Crippen LogP contribution is 2.32. The first-order valence-corrected chi connectivity index (χ1v) is 6.03. The summed E-state index contributed by atoms with van der Waals surface area (Å²) < 4.78 is 35.9. The first-order chi connectivity index (χ1) is 9.38. The molecule has 0 spiro atoms. The van der Waals surface area contributed by atoms with E-state index >= 15 is 0 Å². The monoisotopic (exact) mass is 285 g/mol. The van der Waals surface area contributed by atoms with Crippen molar-refractivity contribution in [2.45, 2.75) is 19.1 Å². The van der Waals surface area contributed by atoms with Crippen LogP contribution < -0.4 is 5.48 Å². The lowest BCUT2D eigenvalue weighted by atomic mass is 10.0. The number of aromatic hydroxyl groups is 1. The molecule has 0 bridgehead atoms.